The second kappa shape index (κ2) is 18.0. The Morgan fingerprint density at radius 3 is 1.65 bits per heavy atom. The highest BCUT2D eigenvalue weighted by molar-refractivity contribution is 7.42. The third kappa shape index (κ3) is 10.6. The van der Waals surface area contributed by atoms with E-state index in [9.17, 15) is 25.1 Å². The number of hydrogen-bond acceptors (Lipinski definition) is 11. The van der Waals surface area contributed by atoms with Crippen LogP contribution in [-0.2, 0) is 22.2 Å². The highest BCUT2D eigenvalue weighted by Gasteiger charge is 2.17. The average molecular weight is 682 g/mol. The van der Waals surface area contributed by atoms with Gasteiger partial charge in [0.1, 0.15) is 43.7 Å². The van der Waals surface area contributed by atoms with E-state index in [1.54, 1.807) is 54.6 Å². The van der Waals surface area contributed by atoms with Crippen molar-refractivity contribution in [2.45, 2.75) is 13.2 Å². The first-order chi connectivity index (χ1) is 23.7. The summed E-state index contributed by atoms with van der Waals surface area (Å²) < 4.78 is 22.2. The van der Waals surface area contributed by atoms with Crippen LogP contribution < -0.4 is 9.47 Å². The SMILES string of the molecule is BOP(O)OC(=Cc1ccc(OCc2cc(C#CCO)ccc2[N+](=O)[O-])cc1)c1ccc(OCc2cc(C#CCO)ccc2[N+](=O)[O-])cc1. The molecule has 0 spiro atoms. The van der Waals surface area contributed by atoms with Gasteiger partial charge in [0, 0.05) is 28.8 Å². The fourth-order valence-corrected chi connectivity index (χ4v) is 4.73. The molecule has 0 heterocycles. The van der Waals surface area contributed by atoms with Crippen molar-refractivity contribution in [2.75, 3.05) is 13.2 Å². The number of aliphatic hydroxyl groups excluding tert-OH is 2. The number of benzene rings is 4. The lowest BCUT2D eigenvalue weighted by atomic mass is 10.1. The number of nitrogens with zero attached hydrogens (tertiary/aromatic N) is 2. The Hall–Kier alpha value is -5.73. The van der Waals surface area contributed by atoms with E-state index >= 15 is 0 Å². The molecule has 0 aliphatic rings. The minimum atomic E-state index is -2.25. The van der Waals surface area contributed by atoms with E-state index in [4.69, 9.17) is 28.7 Å². The summed E-state index contributed by atoms with van der Waals surface area (Å²) in [5.74, 6) is 11.6. The van der Waals surface area contributed by atoms with Crippen LogP contribution in [0.3, 0.4) is 0 Å². The largest absolute Gasteiger partial charge is 0.489 e. The van der Waals surface area contributed by atoms with Gasteiger partial charge in [-0.1, -0.05) is 35.8 Å². The topological polar surface area (TPSA) is 184 Å². The number of rotatable bonds is 13. The number of ether oxygens (including phenoxy) is 2. The molecule has 0 aromatic heterocycles. The van der Waals surface area contributed by atoms with Gasteiger partial charge >= 0.3 is 8.60 Å². The van der Waals surface area contributed by atoms with Gasteiger partial charge in [0.25, 0.3) is 19.4 Å². The normalized spacial score (nSPS) is 11.3. The minimum absolute atomic E-state index is 0.0951. The number of aliphatic hydroxyl groups is 2. The van der Waals surface area contributed by atoms with E-state index in [1.807, 2.05) is 0 Å². The van der Waals surface area contributed by atoms with E-state index in [0.29, 0.717) is 44.9 Å². The van der Waals surface area contributed by atoms with Gasteiger partial charge < -0.3 is 33.5 Å². The Kier molecular flexibility index (Phi) is 13.3. The quantitative estimate of drug-likeness (QED) is 0.0339. The van der Waals surface area contributed by atoms with Gasteiger partial charge in [-0.25, -0.2) is 0 Å². The van der Waals surface area contributed by atoms with Gasteiger partial charge in [-0.05, 0) is 72.3 Å². The maximum atomic E-state index is 11.5. The molecule has 4 rings (SSSR count). The van der Waals surface area contributed by atoms with E-state index in [-0.39, 0.29) is 43.6 Å². The fraction of sp³-hybridized carbons (Fsp3) is 0.118. The van der Waals surface area contributed by atoms with E-state index < -0.39 is 18.4 Å². The monoisotopic (exact) mass is 682 g/mol. The van der Waals surface area contributed by atoms with Crippen molar-refractivity contribution in [3.63, 3.8) is 0 Å². The molecule has 4 aromatic rings. The minimum Gasteiger partial charge on any atom is -0.489 e. The Labute approximate surface area is 283 Å². The third-order valence-electron chi connectivity index (χ3n) is 6.61. The van der Waals surface area contributed by atoms with Gasteiger partial charge in [-0.15, -0.1) is 0 Å². The van der Waals surface area contributed by atoms with Crippen molar-refractivity contribution >= 4 is 39.9 Å². The molecule has 13 nitrogen and oxygen atoms in total. The van der Waals surface area contributed by atoms with Crippen LogP contribution in [0.5, 0.6) is 11.5 Å². The Morgan fingerprint density at radius 1 is 0.755 bits per heavy atom. The van der Waals surface area contributed by atoms with Crippen LogP contribution in [0, 0.1) is 43.9 Å². The van der Waals surface area contributed by atoms with E-state index in [2.05, 4.69) is 23.7 Å². The summed E-state index contributed by atoms with van der Waals surface area (Å²) in [5.41, 5.74) is 2.61. The molecule has 0 radical (unpaired) electrons. The Balaban J connectivity index is 1.49. The molecule has 0 bridgehead atoms. The lowest BCUT2D eigenvalue weighted by Crippen LogP contribution is -2.01. The molecule has 4 aromatic carbocycles. The van der Waals surface area contributed by atoms with Crippen molar-refractivity contribution in [1.29, 1.82) is 0 Å². The summed E-state index contributed by atoms with van der Waals surface area (Å²) >= 11 is 0. The fourth-order valence-electron chi connectivity index (χ4n) is 4.33. The number of nitro benzene ring substituents is 2. The first kappa shape index (κ1) is 36.1. The van der Waals surface area contributed by atoms with Gasteiger partial charge in [0.15, 0.2) is 0 Å². The highest BCUT2D eigenvalue weighted by atomic mass is 31.2. The third-order valence-corrected chi connectivity index (χ3v) is 7.28. The van der Waals surface area contributed by atoms with Gasteiger partial charge in [-0.3, -0.25) is 20.2 Å². The molecule has 248 valence electrons. The van der Waals surface area contributed by atoms with Gasteiger partial charge in [-0.2, -0.15) is 0 Å². The van der Waals surface area contributed by atoms with Crippen LogP contribution in [-0.4, -0.2) is 46.2 Å². The lowest BCUT2D eigenvalue weighted by Gasteiger charge is -2.14. The number of nitro groups is 2. The second-order valence-electron chi connectivity index (χ2n) is 9.81. The zero-order chi connectivity index (χ0) is 35.2. The van der Waals surface area contributed by atoms with Crippen LogP contribution in [0.25, 0.3) is 11.8 Å². The summed E-state index contributed by atoms with van der Waals surface area (Å²) in [6.45, 7) is -0.885. The predicted molar refractivity (Wildman–Crippen MR) is 183 cm³/mol. The van der Waals surface area contributed by atoms with E-state index in [0.717, 1.165) is 0 Å². The summed E-state index contributed by atoms with van der Waals surface area (Å²) in [5, 5.41) is 40.9. The highest BCUT2D eigenvalue weighted by Crippen LogP contribution is 2.39. The molecular formula is C34H28BN2O11P. The van der Waals surface area contributed by atoms with Crippen molar-refractivity contribution in [3.05, 3.63) is 139 Å². The van der Waals surface area contributed by atoms with Gasteiger partial charge in [0.2, 0.25) is 0 Å². The molecule has 3 N–H and O–H groups in total. The standard InChI is InChI=1S/C34H28BN2O11P/c35-48-49(44)47-34(27-9-13-31(14-10-27)46-23-29-20-25(4-2-18-39)8-16-33(29)37(42)43)21-26-5-11-30(12-6-26)45-22-28-19-24(3-1-17-38)7-15-32(28)36(40)41/h5-16,19-21,38-39,44H,17-18,22-23,35H2. The predicted octanol–water partition coefficient (Wildman–Crippen LogP) is 4.65. The molecule has 1 unspecified atom stereocenters. The van der Waals surface area contributed by atoms with Crippen LogP contribution in [0.4, 0.5) is 11.4 Å². The number of hydrogen-bond donors (Lipinski definition) is 3. The molecule has 0 saturated heterocycles. The van der Waals surface area contributed by atoms with E-state index in [1.165, 1.54) is 44.4 Å². The summed E-state index contributed by atoms with van der Waals surface area (Å²) in [7, 11) is -0.946. The average Bonchev–Trinajstić information content (AvgIpc) is 3.11. The van der Waals surface area contributed by atoms with Crippen LogP contribution in [0.2, 0.25) is 0 Å². The summed E-state index contributed by atoms with van der Waals surface area (Å²) in [6, 6.07) is 22.2. The summed E-state index contributed by atoms with van der Waals surface area (Å²) in [4.78, 5) is 32.1. The second-order valence-corrected chi connectivity index (χ2v) is 10.8. The molecule has 0 aliphatic carbocycles. The van der Waals surface area contributed by atoms with Crippen molar-refractivity contribution in [2.24, 2.45) is 0 Å². The summed E-state index contributed by atoms with van der Waals surface area (Å²) in [6.07, 6.45) is 1.67. The Bertz CT molecular complexity index is 1950. The molecular weight excluding hydrogens is 654 g/mol. The van der Waals surface area contributed by atoms with Crippen molar-refractivity contribution in [1.82, 2.24) is 0 Å². The van der Waals surface area contributed by atoms with Crippen LogP contribution >= 0.6 is 8.60 Å². The zero-order valence-electron chi connectivity index (χ0n) is 25.9. The molecule has 15 heteroatoms. The maximum Gasteiger partial charge on any atom is 0.378 e. The molecule has 0 saturated carbocycles. The molecule has 1 atom stereocenters. The molecule has 0 fully saturated rings. The molecule has 0 amide bonds. The lowest BCUT2D eigenvalue weighted by molar-refractivity contribution is -0.386. The van der Waals surface area contributed by atoms with Crippen molar-refractivity contribution in [3.8, 4) is 35.2 Å². The molecule has 49 heavy (non-hydrogen) atoms. The maximum absolute atomic E-state index is 11.5. The van der Waals surface area contributed by atoms with Gasteiger partial charge in [0.05, 0.1) is 21.0 Å². The molecule has 0 aliphatic heterocycles. The Morgan fingerprint density at radius 2 is 1.22 bits per heavy atom. The van der Waals surface area contributed by atoms with Crippen LogP contribution in [0.15, 0.2) is 84.9 Å². The van der Waals surface area contributed by atoms with Crippen molar-refractivity contribution < 1.29 is 43.4 Å². The first-order valence-corrected chi connectivity index (χ1v) is 15.5. The smallest absolute Gasteiger partial charge is 0.378 e. The first-order valence-electron chi connectivity index (χ1n) is 14.3. The van der Waals surface area contributed by atoms with Crippen LogP contribution in [0.1, 0.15) is 33.4 Å². The zero-order valence-corrected chi connectivity index (χ0v) is 26.8.